The van der Waals surface area contributed by atoms with E-state index < -0.39 is 0 Å². The van der Waals surface area contributed by atoms with E-state index in [1.807, 2.05) is 24.3 Å². The average molecular weight is 620 g/mol. The number of aromatic amines is 1. The molecular weight excluding hydrogens is 599 g/mol. The lowest BCUT2D eigenvalue weighted by Crippen LogP contribution is -2.50. The zero-order chi connectivity index (χ0) is 25.2. The van der Waals surface area contributed by atoms with E-state index in [0.717, 1.165) is 11.3 Å². The van der Waals surface area contributed by atoms with Crippen molar-refractivity contribution < 1.29 is 18.7 Å². The summed E-state index contributed by atoms with van der Waals surface area (Å²) in [7, 11) is 1.61. The second-order valence-electron chi connectivity index (χ2n) is 8.17. The van der Waals surface area contributed by atoms with Crippen molar-refractivity contribution in [3.63, 3.8) is 0 Å². The third-order valence-electron chi connectivity index (χ3n) is 5.93. The van der Waals surface area contributed by atoms with Crippen LogP contribution in [-0.4, -0.2) is 68.9 Å². The van der Waals surface area contributed by atoms with Crippen molar-refractivity contribution >= 4 is 37.8 Å². The third kappa shape index (κ3) is 4.93. The van der Waals surface area contributed by atoms with Crippen molar-refractivity contribution in [3.05, 3.63) is 74.8 Å². The minimum atomic E-state index is -0.354. The summed E-state index contributed by atoms with van der Waals surface area (Å²) in [5.41, 5.74) is 3.21. The van der Waals surface area contributed by atoms with Crippen molar-refractivity contribution in [1.82, 2.24) is 30.1 Å². The summed E-state index contributed by atoms with van der Waals surface area (Å²) in [6.45, 7) is 1.25. The molecule has 9 nitrogen and oxygen atoms in total. The number of H-pyrrole nitrogens is 1. The van der Waals surface area contributed by atoms with Crippen molar-refractivity contribution in [2.45, 2.75) is 12.5 Å². The molecule has 0 radical (unpaired) electrons. The standard InChI is InChI=1S/C24H21Br2FN6O3/c1-35-18-5-2-14(3-6-18)22-21(26)23(30-29-22)24(34)32-8-9-36-13-17(32)10-15-12-33(31-28-15)16-4-7-20(27)19(25)11-16/h2-7,11-12,17H,8-10,13H2,1H3,(H,29,30). The summed E-state index contributed by atoms with van der Waals surface area (Å²) in [6, 6.07) is 11.8. The van der Waals surface area contributed by atoms with E-state index in [1.54, 1.807) is 35.0 Å². The average Bonchev–Trinajstić information content (AvgIpc) is 3.52. The molecule has 5 rings (SSSR count). The lowest BCUT2D eigenvalue weighted by Gasteiger charge is -2.35. The molecule has 1 amide bonds. The molecular formula is C24H21Br2FN6O3. The van der Waals surface area contributed by atoms with Crippen LogP contribution in [0.15, 0.2) is 57.6 Å². The zero-order valence-corrected chi connectivity index (χ0v) is 22.3. The maximum Gasteiger partial charge on any atom is 0.273 e. The molecule has 0 spiro atoms. The van der Waals surface area contributed by atoms with E-state index in [1.165, 1.54) is 6.07 Å². The molecule has 1 unspecified atom stereocenters. The van der Waals surface area contributed by atoms with Crippen molar-refractivity contribution in [2.75, 3.05) is 26.9 Å². The number of hydrogen-bond acceptors (Lipinski definition) is 6. The van der Waals surface area contributed by atoms with E-state index in [2.05, 4.69) is 52.4 Å². The van der Waals surface area contributed by atoms with Crippen LogP contribution in [0.3, 0.4) is 0 Å². The van der Waals surface area contributed by atoms with Gasteiger partial charge in [0.15, 0.2) is 0 Å². The first-order valence-electron chi connectivity index (χ1n) is 11.1. The fraction of sp³-hybridized carbons (Fsp3) is 0.250. The fourth-order valence-corrected chi connectivity index (χ4v) is 4.97. The number of carbonyl (C=O) groups excluding carboxylic acids is 1. The first kappa shape index (κ1) is 24.6. The van der Waals surface area contributed by atoms with Crippen molar-refractivity contribution in [3.8, 4) is 22.7 Å². The third-order valence-corrected chi connectivity index (χ3v) is 7.31. The van der Waals surface area contributed by atoms with Gasteiger partial charge in [-0.3, -0.25) is 9.89 Å². The van der Waals surface area contributed by atoms with Crippen LogP contribution >= 0.6 is 31.9 Å². The Labute approximate surface area is 222 Å². The highest BCUT2D eigenvalue weighted by atomic mass is 79.9. The maximum absolute atomic E-state index is 13.6. The summed E-state index contributed by atoms with van der Waals surface area (Å²) in [5.74, 6) is 0.201. The van der Waals surface area contributed by atoms with Gasteiger partial charge in [0.1, 0.15) is 23.0 Å². The number of morpholine rings is 1. The number of methoxy groups -OCH3 is 1. The van der Waals surface area contributed by atoms with Gasteiger partial charge in [0, 0.05) is 18.5 Å². The minimum Gasteiger partial charge on any atom is -0.497 e. The Morgan fingerprint density at radius 3 is 2.81 bits per heavy atom. The molecule has 186 valence electrons. The van der Waals surface area contributed by atoms with Gasteiger partial charge in [-0.05, 0) is 74.3 Å². The highest BCUT2D eigenvalue weighted by molar-refractivity contribution is 9.11. The van der Waals surface area contributed by atoms with Gasteiger partial charge in [-0.2, -0.15) is 5.10 Å². The monoisotopic (exact) mass is 618 g/mol. The number of nitrogens with one attached hydrogen (secondary N) is 1. The minimum absolute atomic E-state index is 0.183. The highest BCUT2D eigenvalue weighted by Gasteiger charge is 2.32. The number of nitrogens with zero attached hydrogens (tertiary/aromatic N) is 5. The Morgan fingerprint density at radius 2 is 2.06 bits per heavy atom. The van der Waals surface area contributed by atoms with Gasteiger partial charge in [-0.15, -0.1) is 5.10 Å². The number of halogens is 3. The number of carbonyl (C=O) groups is 1. The topological polar surface area (TPSA) is 98.2 Å². The van der Waals surface area contributed by atoms with Crippen LogP contribution < -0.4 is 4.74 Å². The van der Waals surface area contributed by atoms with Crippen LogP contribution in [0.4, 0.5) is 4.39 Å². The molecule has 3 heterocycles. The lowest BCUT2D eigenvalue weighted by molar-refractivity contribution is -0.00225. The number of hydrogen-bond donors (Lipinski definition) is 1. The number of amides is 1. The van der Waals surface area contributed by atoms with Crippen LogP contribution in [0.25, 0.3) is 16.9 Å². The highest BCUT2D eigenvalue weighted by Crippen LogP contribution is 2.31. The van der Waals surface area contributed by atoms with Crippen LogP contribution in [0.5, 0.6) is 5.75 Å². The summed E-state index contributed by atoms with van der Waals surface area (Å²) in [5, 5.41) is 15.7. The quantitative estimate of drug-likeness (QED) is 0.343. The second-order valence-corrected chi connectivity index (χ2v) is 9.82. The summed E-state index contributed by atoms with van der Waals surface area (Å²) >= 11 is 6.75. The number of aromatic nitrogens is 5. The van der Waals surface area contributed by atoms with Gasteiger partial charge in [0.2, 0.25) is 0 Å². The Balaban J connectivity index is 1.34. The van der Waals surface area contributed by atoms with Gasteiger partial charge in [-0.1, -0.05) is 5.21 Å². The number of benzene rings is 2. The van der Waals surface area contributed by atoms with Gasteiger partial charge in [0.25, 0.3) is 5.91 Å². The van der Waals surface area contributed by atoms with Crippen molar-refractivity contribution in [2.24, 2.45) is 0 Å². The summed E-state index contributed by atoms with van der Waals surface area (Å²) < 4.78 is 27.0. The summed E-state index contributed by atoms with van der Waals surface area (Å²) in [4.78, 5) is 15.3. The van der Waals surface area contributed by atoms with Gasteiger partial charge >= 0.3 is 0 Å². The molecule has 2 aromatic carbocycles. The lowest BCUT2D eigenvalue weighted by atomic mass is 10.1. The molecule has 4 aromatic rings. The molecule has 1 aliphatic heterocycles. The maximum atomic E-state index is 13.6. The molecule has 1 aliphatic rings. The molecule has 1 fully saturated rings. The molecule has 0 bridgehead atoms. The van der Waals surface area contributed by atoms with Crippen LogP contribution in [0.1, 0.15) is 16.2 Å². The predicted molar refractivity (Wildman–Crippen MR) is 137 cm³/mol. The van der Waals surface area contributed by atoms with E-state index in [4.69, 9.17) is 9.47 Å². The molecule has 1 atom stereocenters. The Morgan fingerprint density at radius 1 is 1.25 bits per heavy atom. The molecule has 36 heavy (non-hydrogen) atoms. The first-order chi connectivity index (χ1) is 17.4. The Kier molecular flexibility index (Phi) is 7.17. The molecule has 12 heteroatoms. The number of ether oxygens (including phenoxy) is 2. The van der Waals surface area contributed by atoms with Crippen LogP contribution in [-0.2, 0) is 11.2 Å². The van der Waals surface area contributed by atoms with E-state index in [9.17, 15) is 9.18 Å². The van der Waals surface area contributed by atoms with Gasteiger partial charge in [-0.25, -0.2) is 9.07 Å². The SMILES string of the molecule is COc1ccc(-c2n[nH]c(C(=O)N3CCOCC3Cc3cn(-c4ccc(F)c(Br)c4)nn3)c2Br)cc1. The van der Waals surface area contributed by atoms with E-state index in [0.29, 0.717) is 57.9 Å². The molecule has 0 aliphatic carbocycles. The first-order valence-corrected chi connectivity index (χ1v) is 12.7. The van der Waals surface area contributed by atoms with Crippen LogP contribution in [0, 0.1) is 5.82 Å². The normalized spacial score (nSPS) is 15.8. The molecule has 2 aromatic heterocycles. The Hall–Kier alpha value is -3.09. The smallest absolute Gasteiger partial charge is 0.273 e. The zero-order valence-electron chi connectivity index (χ0n) is 19.1. The molecule has 1 N–H and O–H groups in total. The summed E-state index contributed by atoms with van der Waals surface area (Å²) in [6.07, 6.45) is 2.22. The predicted octanol–water partition coefficient (Wildman–Crippen LogP) is 4.41. The Bertz CT molecular complexity index is 1390. The van der Waals surface area contributed by atoms with Gasteiger partial charge < -0.3 is 14.4 Å². The van der Waals surface area contributed by atoms with Gasteiger partial charge in [0.05, 0.1) is 52.9 Å². The fourth-order valence-electron chi connectivity index (χ4n) is 4.03. The van der Waals surface area contributed by atoms with Crippen molar-refractivity contribution in [1.29, 1.82) is 0 Å². The van der Waals surface area contributed by atoms with E-state index in [-0.39, 0.29) is 17.8 Å². The molecule has 1 saturated heterocycles. The largest absolute Gasteiger partial charge is 0.497 e. The number of rotatable bonds is 6. The second kappa shape index (κ2) is 10.5. The van der Waals surface area contributed by atoms with Crippen LogP contribution in [0.2, 0.25) is 0 Å². The van der Waals surface area contributed by atoms with E-state index >= 15 is 0 Å². The molecule has 0 saturated carbocycles.